The Kier molecular flexibility index (Phi) is 4.97. The van der Waals surface area contributed by atoms with Crippen LogP contribution in [0.25, 0.3) is 0 Å². The van der Waals surface area contributed by atoms with Gasteiger partial charge in [0, 0.05) is 11.8 Å². The molecule has 0 saturated carbocycles. The summed E-state index contributed by atoms with van der Waals surface area (Å²) in [5, 5.41) is 0. The van der Waals surface area contributed by atoms with Crippen molar-refractivity contribution in [1.29, 1.82) is 0 Å². The number of unbranched alkanes of at least 4 members (excludes halogenated alkanes) is 1. The molecule has 0 amide bonds. The summed E-state index contributed by atoms with van der Waals surface area (Å²) in [6, 6.07) is 0. The topological polar surface area (TPSA) is 17.1 Å². The number of ketones is 1. The van der Waals surface area contributed by atoms with Crippen molar-refractivity contribution < 1.29 is 4.79 Å². The standard InChI is InChI=1S/C12H22O/c1-10(2)8-6-7-9-11(13)12(3,4)5/h1,6-9H2,2-5H3. The molecule has 0 aliphatic rings. The second-order valence-electron chi connectivity index (χ2n) is 4.84. The van der Waals surface area contributed by atoms with Gasteiger partial charge in [-0.25, -0.2) is 0 Å². The number of carbonyl (C=O) groups is 1. The lowest BCUT2D eigenvalue weighted by Gasteiger charge is -2.16. The average molecular weight is 182 g/mol. The Balaban J connectivity index is 3.55. The molecule has 0 spiro atoms. The molecule has 0 rings (SSSR count). The van der Waals surface area contributed by atoms with Crippen molar-refractivity contribution in [1.82, 2.24) is 0 Å². The van der Waals surface area contributed by atoms with E-state index in [9.17, 15) is 4.79 Å². The van der Waals surface area contributed by atoms with Crippen molar-refractivity contribution in [3.05, 3.63) is 12.2 Å². The van der Waals surface area contributed by atoms with Gasteiger partial charge in [0.1, 0.15) is 5.78 Å². The van der Waals surface area contributed by atoms with Gasteiger partial charge in [-0.15, -0.1) is 6.58 Å². The Morgan fingerprint density at radius 1 is 1.15 bits per heavy atom. The van der Waals surface area contributed by atoms with Crippen LogP contribution in [-0.4, -0.2) is 5.78 Å². The summed E-state index contributed by atoms with van der Waals surface area (Å²) in [5.74, 6) is 0.370. The maximum Gasteiger partial charge on any atom is 0.138 e. The lowest BCUT2D eigenvalue weighted by molar-refractivity contribution is -0.126. The molecule has 76 valence electrons. The van der Waals surface area contributed by atoms with Gasteiger partial charge in [0.15, 0.2) is 0 Å². The number of hydrogen-bond donors (Lipinski definition) is 0. The fraction of sp³-hybridized carbons (Fsp3) is 0.750. The Hall–Kier alpha value is -0.590. The molecule has 1 nitrogen and oxygen atoms in total. The van der Waals surface area contributed by atoms with E-state index in [1.54, 1.807) is 0 Å². The van der Waals surface area contributed by atoms with Gasteiger partial charge in [-0.3, -0.25) is 4.79 Å². The summed E-state index contributed by atoms with van der Waals surface area (Å²) < 4.78 is 0. The minimum atomic E-state index is -0.163. The van der Waals surface area contributed by atoms with E-state index in [0.717, 1.165) is 25.7 Å². The van der Waals surface area contributed by atoms with Gasteiger partial charge in [0.2, 0.25) is 0 Å². The minimum absolute atomic E-state index is 0.163. The van der Waals surface area contributed by atoms with Gasteiger partial charge < -0.3 is 0 Å². The van der Waals surface area contributed by atoms with Crippen LogP contribution in [0.15, 0.2) is 12.2 Å². The average Bonchev–Trinajstić information content (AvgIpc) is 1.95. The largest absolute Gasteiger partial charge is 0.299 e. The van der Waals surface area contributed by atoms with E-state index < -0.39 is 0 Å². The van der Waals surface area contributed by atoms with Crippen molar-refractivity contribution in [2.24, 2.45) is 5.41 Å². The summed E-state index contributed by atoms with van der Waals surface area (Å²) in [4.78, 5) is 11.5. The molecular weight excluding hydrogens is 160 g/mol. The van der Waals surface area contributed by atoms with E-state index in [-0.39, 0.29) is 5.41 Å². The number of Topliss-reactive ketones (excluding diaryl/α,β-unsaturated/α-hetero) is 1. The molecule has 0 aliphatic heterocycles. The summed E-state index contributed by atoms with van der Waals surface area (Å²) >= 11 is 0. The highest BCUT2D eigenvalue weighted by Gasteiger charge is 2.19. The molecule has 0 unspecified atom stereocenters. The highest BCUT2D eigenvalue weighted by Crippen LogP contribution is 2.19. The molecule has 0 radical (unpaired) electrons. The third-order valence-electron chi connectivity index (χ3n) is 2.09. The van der Waals surface area contributed by atoms with E-state index in [4.69, 9.17) is 0 Å². The number of allylic oxidation sites excluding steroid dienone is 1. The Morgan fingerprint density at radius 2 is 1.62 bits per heavy atom. The Morgan fingerprint density at radius 3 is 2.00 bits per heavy atom. The third kappa shape index (κ3) is 6.56. The van der Waals surface area contributed by atoms with Crippen LogP contribution in [0.5, 0.6) is 0 Å². The van der Waals surface area contributed by atoms with Crippen molar-refractivity contribution in [2.45, 2.75) is 53.4 Å². The molecule has 0 N–H and O–H groups in total. The zero-order valence-electron chi connectivity index (χ0n) is 9.44. The lowest BCUT2D eigenvalue weighted by Crippen LogP contribution is -2.19. The summed E-state index contributed by atoms with van der Waals surface area (Å²) in [5.41, 5.74) is 1.05. The molecule has 0 atom stereocenters. The predicted molar refractivity (Wildman–Crippen MR) is 57.7 cm³/mol. The van der Waals surface area contributed by atoms with Gasteiger partial charge in [0.05, 0.1) is 0 Å². The number of hydrogen-bond acceptors (Lipinski definition) is 1. The highest BCUT2D eigenvalue weighted by atomic mass is 16.1. The first-order valence-corrected chi connectivity index (χ1v) is 5.01. The molecule has 0 aliphatic carbocycles. The Bertz CT molecular complexity index is 184. The molecule has 0 saturated heterocycles. The van der Waals surface area contributed by atoms with E-state index in [0.29, 0.717) is 5.78 Å². The molecule has 0 heterocycles. The van der Waals surface area contributed by atoms with Crippen LogP contribution in [0.3, 0.4) is 0 Å². The van der Waals surface area contributed by atoms with Crippen LogP contribution in [0.1, 0.15) is 53.4 Å². The normalized spacial score (nSPS) is 11.4. The van der Waals surface area contributed by atoms with Gasteiger partial charge in [-0.1, -0.05) is 26.3 Å². The fourth-order valence-electron chi connectivity index (χ4n) is 1.09. The van der Waals surface area contributed by atoms with Crippen LogP contribution >= 0.6 is 0 Å². The quantitative estimate of drug-likeness (QED) is 0.467. The van der Waals surface area contributed by atoms with Gasteiger partial charge in [0.25, 0.3) is 0 Å². The smallest absolute Gasteiger partial charge is 0.138 e. The van der Waals surface area contributed by atoms with Crippen molar-refractivity contribution >= 4 is 5.78 Å². The highest BCUT2D eigenvalue weighted by molar-refractivity contribution is 5.83. The first-order valence-electron chi connectivity index (χ1n) is 5.01. The molecule has 0 bridgehead atoms. The number of rotatable bonds is 5. The first-order chi connectivity index (χ1) is 5.84. The molecular formula is C12H22O. The van der Waals surface area contributed by atoms with Gasteiger partial charge in [-0.05, 0) is 26.2 Å². The van der Waals surface area contributed by atoms with Crippen molar-refractivity contribution in [3.63, 3.8) is 0 Å². The molecule has 1 heteroatoms. The maximum absolute atomic E-state index is 11.5. The molecule has 0 aromatic carbocycles. The second kappa shape index (κ2) is 5.21. The first kappa shape index (κ1) is 12.4. The zero-order valence-corrected chi connectivity index (χ0v) is 9.44. The number of carbonyl (C=O) groups excluding carboxylic acids is 1. The van der Waals surface area contributed by atoms with Crippen LogP contribution in [0.2, 0.25) is 0 Å². The maximum atomic E-state index is 11.5. The monoisotopic (exact) mass is 182 g/mol. The van der Waals surface area contributed by atoms with Gasteiger partial charge in [-0.2, -0.15) is 0 Å². The molecule has 0 aromatic rings. The van der Waals surface area contributed by atoms with Crippen LogP contribution in [0.4, 0.5) is 0 Å². The van der Waals surface area contributed by atoms with Crippen molar-refractivity contribution in [3.8, 4) is 0 Å². The predicted octanol–water partition coefficient (Wildman–Crippen LogP) is 3.74. The zero-order chi connectivity index (χ0) is 10.5. The van der Waals surface area contributed by atoms with Crippen LogP contribution < -0.4 is 0 Å². The summed E-state index contributed by atoms with van der Waals surface area (Å²) in [6.45, 7) is 11.8. The Labute approximate surface area is 82.2 Å². The van der Waals surface area contributed by atoms with Gasteiger partial charge >= 0.3 is 0 Å². The third-order valence-corrected chi connectivity index (χ3v) is 2.09. The van der Waals surface area contributed by atoms with E-state index >= 15 is 0 Å². The van der Waals surface area contributed by atoms with Crippen LogP contribution in [0, 0.1) is 5.41 Å². The summed E-state index contributed by atoms with van der Waals surface area (Å²) in [7, 11) is 0. The lowest BCUT2D eigenvalue weighted by atomic mass is 9.88. The second-order valence-corrected chi connectivity index (χ2v) is 4.84. The molecule has 13 heavy (non-hydrogen) atoms. The fourth-order valence-corrected chi connectivity index (χ4v) is 1.09. The van der Waals surface area contributed by atoms with E-state index in [1.165, 1.54) is 5.57 Å². The molecule has 0 fully saturated rings. The minimum Gasteiger partial charge on any atom is -0.299 e. The van der Waals surface area contributed by atoms with E-state index in [2.05, 4.69) is 6.58 Å². The van der Waals surface area contributed by atoms with E-state index in [1.807, 2.05) is 27.7 Å². The SMILES string of the molecule is C=C(C)CCCCC(=O)C(C)(C)C. The molecule has 0 aromatic heterocycles. The van der Waals surface area contributed by atoms with Crippen LogP contribution in [-0.2, 0) is 4.79 Å². The van der Waals surface area contributed by atoms with Crippen molar-refractivity contribution in [2.75, 3.05) is 0 Å². The summed E-state index contributed by atoms with van der Waals surface area (Å²) in [6.07, 6.45) is 3.87.